The van der Waals surface area contributed by atoms with Crippen LogP contribution in [0.4, 0.5) is 10.3 Å². The van der Waals surface area contributed by atoms with Crippen LogP contribution in [0.25, 0.3) is 21.8 Å². The third kappa shape index (κ3) is 3.64. The molecule has 0 atom stereocenters. The monoisotopic (exact) mass is 418 g/mol. The lowest BCUT2D eigenvalue weighted by Crippen LogP contribution is -2.34. The van der Waals surface area contributed by atoms with Crippen molar-refractivity contribution in [3.05, 3.63) is 87.5 Å². The van der Waals surface area contributed by atoms with Gasteiger partial charge in [0.25, 0.3) is 5.56 Å². The first kappa shape index (κ1) is 18.7. The first-order chi connectivity index (χ1) is 14.7. The number of benzene rings is 1. The quantitative estimate of drug-likeness (QED) is 0.668. The minimum absolute atomic E-state index is 0.208. The number of nitrogens with zero attached hydrogens (tertiary/aromatic N) is 3. The number of hydrogen-bond donors (Lipinski definition) is 1. The molecule has 2 aliphatic rings. The van der Waals surface area contributed by atoms with Crippen molar-refractivity contribution in [1.82, 2.24) is 15.0 Å². The summed E-state index contributed by atoms with van der Waals surface area (Å²) in [5.74, 6) is 0.296. The minimum atomic E-state index is -0.290. The van der Waals surface area contributed by atoms with Gasteiger partial charge in [-0.15, -0.1) is 11.3 Å². The maximum absolute atomic E-state index is 13.1. The summed E-state index contributed by atoms with van der Waals surface area (Å²) in [6.07, 6.45) is 11.9. The van der Waals surface area contributed by atoms with Crippen molar-refractivity contribution in [2.75, 3.05) is 18.0 Å². The number of anilines is 1. The lowest BCUT2D eigenvalue weighted by atomic mass is 9.98. The van der Waals surface area contributed by atoms with E-state index in [9.17, 15) is 9.18 Å². The Hall–Kier alpha value is -3.32. The number of rotatable bonds is 3. The predicted octanol–water partition coefficient (Wildman–Crippen LogP) is 4.72. The van der Waals surface area contributed by atoms with Crippen molar-refractivity contribution < 1.29 is 4.39 Å². The molecule has 0 saturated carbocycles. The molecule has 3 aromatic rings. The summed E-state index contributed by atoms with van der Waals surface area (Å²) in [6, 6.07) is 6.15. The molecule has 0 spiro atoms. The van der Waals surface area contributed by atoms with Crippen molar-refractivity contribution in [2.45, 2.75) is 12.8 Å². The highest BCUT2D eigenvalue weighted by Crippen LogP contribution is 2.28. The number of thiazole rings is 1. The van der Waals surface area contributed by atoms with Gasteiger partial charge >= 0.3 is 0 Å². The maximum Gasteiger partial charge on any atom is 0.262 e. The maximum atomic E-state index is 13.1. The summed E-state index contributed by atoms with van der Waals surface area (Å²) in [5.41, 5.74) is 4.50. The SMILES string of the molecule is O=c1[nH]c(N2CCC3=C(CC=CC=C3)C2)ncc1-c1nc(-c2ccc(F)cc2)cs1. The molecule has 1 aliphatic carbocycles. The lowest BCUT2D eigenvalue weighted by Gasteiger charge is -2.30. The Labute approximate surface area is 177 Å². The number of nitrogens with one attached hydrogen (secondary N) is 1. The largest absolute Gasteiger partial charge is 0.338 e. The Morgan fingerprint density at radius 2 is 2.03 bits per heavy atom. The first-order valence-electron chi connectivity index (χ1n) is 9.77. The highest BCUT2D eigenvalue weighted by Gasteiger charge is 2.20. The Bertz CT molecular complexity index is 1240. The van der Waals surface area contributed by atoms with Crippen molar-refractivity contribution in [1.29, 1.82) is 0 Å². The summed E-state index contributed by atoms with van der Waals surface area (Å²) in [4.78, 5) is 26.9. The summed E-state index contributed by atoms with van der Waals surface area (Å²) in [5, 5.41) is 2.46. The second-order valence-electron chi connectivity index (χ2n) is 7.29. The smallest absolute Gasteiger partial charge is 0.262 e. The molecule has 30 heavy (non-hydrogen) atoms. The van der Waals surface area contributed by atoms with Crippen LogP contribution < -0.4 is 10.5 Å². The van der Waals surface area contributed by atoms with Crippen LogP contribution in [-0.4, -0.2) is 28.0 Å². The third-order valence-electron chi connectivity index (χ3n) is 5.36. The van der Waals surface area contributed by atoms with Crippen LogP contribution in [0.2, 0.25) is 0 Å². The van der Waals surface area contributed by atoms with Gasteiger partial charge in [-0.05, 0) is 48.3 Å². The molecule has 0 radical (unpaired) electrons. The second-order valence-corrected chi connectivity index (χ2v) is 8.14. The van der Waals surface area contributed by atoms with Crippen LogP contribution >= 0.6 is 11.3 Å². The predicted molar refractivity (Wildman–Crippen MR) is 118 cm³/mol. The van der Waals surface area contributed by atoms with Gasteiger partial charge in [0.2, 0.25) is 5.95 Å². The van der Waals surface area contributed by atoms with Crippen molar-refractivity contribution in [3.63, 3.8) is 0 Å². The van der Waals surface area contributed by atoms with E-state index in [2.05, 4.69) is 44.2 Å². The van der Waals surface area contributed by atoms with E-state index in [0.29, 0.717) is 22.2 Å². The molecule has 3 heterocycles. The molecule has 0 bridgehead atoms. The molecule has 5 rings (SSSR count). The molecule has 2 aromatic heterocycles. The molecule has 7 heteroatoms. The van der Waals surface area contributed by atoms with E-state index in [-0.39, 0.29) is 11.4 Å². The van der Waals surface area contributed by atoms with E-state index in [1.54, 1.807) is 18.3 Å². The van der Waals surface area contributed by atoms with Crippen molar-refractivity contribution in [3.8, 4) is 21.8 Å². The van der Waals surface area contributed by atoms with Crippen LogP contribution in [0.15, 0.2) is 76.1 Å². The number of aromatic nitrogens is 3. The van der Waals surface area contributed by atoms with Gasteiger partial charge in [0, 0.05) is 30.2 Å². The van der Waals surface area contributed by atoms with Crippen LogP contribution in [0.5, 0.6) is 0 Å². The molecule has 0 unspecified atom stereocenters. The van der Waals surface area contributed by atoms with Gasteiger partial charge in [-0.25, -0.2) is 14.4 Å². The van der Waals surface area contributed by atoms with E-state index in [1.165, 1.54) is 34.6 Å². The number of H-pyrrole nitrogens is 1. The van der Waals surface area contributed by atoms with Gasteiger partial charge in [0.15, 0.2) is 0 Å². The Morgan fingerprint density at radius 3 is 2.87 bits per heavy atom. The summed E-state index contributed by atoms with van der Waals surface area (Å²) >= 11 is 1.37. The molecule has 150 valence electrons. The third-order valence-corrected chi connectivity index (χ3v) is 6.23. The molecular formula is C23H19FN4OS. The number of hydrogen-bond acceptors (Lipinski definition) is 5. The Kier molecular flexibility index (Phi) is 4.88. The highest BCUT2D eigenvalue weighted by atomic mass is 32.1. The summed E-state index contributed by atoms with van der Waals surface area (Å²) in [7, 11) is 0. The number of halogens is 1. The van der Waals surface area contributed by atoms with Gasteiger partial charge in [0.05, 0.1) is 11.3 Å². The van der Waals surface area contributed by atoms with Crippen molar-refractivity contribution in [2.24, 2.45) is 0 Å². The fourth-order valence-electron chi connectivity index (χ4n) is 3.73. The second kappa shape index (κ2) is 7.84. The number of allylic oxidation sites excluding steroid dienone is 4. The van der Waals surface area contributed by atoms with E-state index >= 15 is 0 Å². The van der Waals surface area contributed by atoms with E-state index in [1.807, 2.05) is 5.38 Å². The van der Waals surface area contributed by atoms with Gasteiger partial charge in [-0.3, -0.25) is 9.78 Å². The molecule has 0 saturated heterocycles. The van der Waals surface area contributed by atoms with E-state index < -0.39 is 0 Å². The van der Waals surface area contributed by atoms with Crippen LogP contribution in [0, 0.1) is 5.82 Å². The highest BCUT2D eigenvalue weighted by molar-refractivity contribution is 7.13. The van der Waals surface area contributed by atoms with E-state index in [0.717, 1.165) is 31.5 Å². The Balaban J connectivity index is 1.39. The first-order valence-corrected chi connectivity index (χ1v) is 10.7. The van der Waals surface area contributed by atoms with Gasteiger partial charge in [0.1, 0.15) is 10.8 Å². The summed E-state index contributed by atoms with van der Waals surface area (Å²) < 4.78 is 13.1. The zero-order valence-corrected chi connectivity index (χ0v) is 17.0. The normalized spacial score (nSPS) is 16.0. The van der Waals surface area contributed by atoms with Gasteiger partial charge in [-0.2, -0.15) is 0 Å². The van der Waals surface area contributed by atoms with E-state index in [4.69, 9.17) is 0 Å². The molecule has 1 aromatic carbocycles. The van der Waals surface area contributed by atoms with Crippen LogP contribution in [0.1, 0.15) is 12.8 Å². The zero-order chi connectivity index (χ0) is 20.5. The molecule has 0 amide bonds. The molecule has 0 fully saturated rings. The molecular weight excluding hydrogens is 399 g/mol. The average Bonchev–Trinajstić information content (AvgIpc) is 3.12. The average molecular weight is 418 g/mol. The standard InChI is InChI=1S/C23H19FN4OS/c24-18-8-6-16(7-9-18)20-14-30-22(26-20)19-12-25-23(27-21(19)29)28-11-10-15-4-2-1-3-5-17(15)13-28/h1-4,6-9,12,14H,5,10-11,13H2,(H,25,27,29). The molecule has 5 nitrogen and oxygen atoms in total. The zero-order valence-electron chi connectivity index (χ0n) is 16.1. The van der Waals surface area contributed by atoms with Gasteiger partial charge in [-0.1, -0.05) is 24.3 Å². The van der Waals surface area contributed by atoms with Gasteiger partial charge < -0.3 is 4.90 Å². The summed E-state index contributed by atoms with van der Waals surface area (Å²) in [6.45, 7) is 1.58. The van der Waals surface area contributed by atoms with Crippen LogP contribution in [0.3, 0.4) is 0 Å². The fourth-order valence-corrected chi connectivity index (χ4v) is 4.57. The topological polar surface area (TPSA) is 61.9 Å². The number of aromatic amines is 1. The lowest BCUT2D eigenvalue weighted by molar-refractivity contribution is 0.628. The van der Waals surface area contributed by atoms with Crippen molar-refractivity contribution >= 4 is 17.3 Å². The molecule has 1 aliphatic heterocycles. The van der Waals surface area contributed by atoms with Crippen LogP contribution in [-0.2, 0) is 0 Å². The fraction of sp³-hybridized carbons (Fsp3) is 0.174. The molecule has 1 N–H and O–H groups in total. The minimum Gasteiger partial charge on any atom is -0.338 e. The Morgan fingerprint density at radius 1 is 1.17 bits per heavy atom.